The molecule has 1 saturated heterocycles. The van der Waals surface area contributed by atoms with Crippen molar-refractivity contribution in [3.8, 4) is 0 Å². The molecule has 1 aliphatic heterocycles. The van der Waals surface area contributed by atoms with Crippen LogP contribution in [0.25, 0.3) is 0 Å². The topological polar surface area (TPSA) is 58.2 Å². The summed E-state index contributed by atoms with van der Waals surface area (Å²) in [6, 6.07) is 3.34. The van der Waals surface area contributed by atoms with Gasteiger partial charge in [-0.2, -0.15) is 5.10 Å². The van der Waals surface area contributed by atoms with Gasteiger partial charge in [-0.05, 0) is 6.07 Å². The molecule has 1 amide bonds. The first-order chi connectivity index (χ1) is 10.1. The van der Waals surface area contributed by atoms with Crippen LogP contribution in [0.1, 0.15) is 22.0 Å². The fourth-order valence-electron chi connectivity index (χ4n) is 2.33. The number of rotatable bonds is 2. The van der Waals surface area contributed by atoms with Crippen LogP contribution in [-0.4, -0.2) is 40.7 Å². The number of benzene rings is 1. The van der Waals surface area contributed by atoms with Crippen molar-refractivity contribution in [3.05, 3.63) is 53.4 Å². The van der Waals surface area contributed by atoms with Crippen molar-refractivity contribution in [2.75, 3.05) is 19.7 Å². The molecule has 3 rings (SSSR count). The van der Waals surface area contributed by atoms with E-state index in [0.29, 0.717) is 18.7 Å². The lowest BCUT2D eigenvalue weighted by Crippen LogP contribution is -2.42. The first-order valence-corrected chi connectivity index (χ1v) is 6.50. The molecule has 1 N–H and O–H groups in total. The molecule has 1 aliphatic rings. The van der Waals surface area contributed by atoms with E-state index >= 15 is 0 Å². The summed E-state index contributed by atoms with van der Waals surface area (Å²) in [5, 5.41) is 6.31. The number of carbonyl (C=O) groups is 1. The molecule has 0 unspecified atom stereocenters. The van der Waals surface area contributed by atoms with E-state index in [-0.39, 0.29) is 18.0 Å². The lowest BCUT2D eigenvalue weighted by Gasteiger charge is -2.33. The Kier molecular flexibility index (Phi) is 3.66. The van der Waals surface area contributed by atoms with Crippen molar-refractivity contribution < 1.29 is 18.3 Å². The molecule has 0 radical (unpaired) electrons. The number of carbonyl (C=O) groups excluding carboxylic acids is 1. The van der Waals surface area contributed by atoms with Crippen molar-refractivity contribution in [2.45, 2.75) is 6.10 Å². The van der Waals surface area contributed by atoms with Gasteiger partial charge in [0, 0.05) is 24.4 Å². The van der Waals surface area contributed by atoms with E-state index in [2.05, 4.69) is 10.2 Å². The van der Waals surface area contributed by atoms with Crippen LogP contribution in [-0.2, 0) is 4.74 Å². The summed E-state index contributed by atoms with van der Waals surface area (Å²) in [4.78, 5) is 13.8. The van der Waals surface area contributed by atoms with Crippen LogP contribution in [0.5, 0.6) is 0 Å². The highest BCUT2D eigenvalue weighted by molar-refractivity contribution is 5.93. The van der Waals surface area contributed by atoms with Crippen LogP contribution < -0.4 is 0 Å². The van der Waals surface area contributed by atoms with Gasteiger partial charge in [-0.3, -0.25) is 9.89 Å². The first kappa shape index (κ1) is 13.7. The molecule has 0 spiro atoms. The van der Waals surface area contributed by atoms with Gasteiger partial charge in [0.05, 0.1) is 24.9 Å². The average molecular weight is 293 g/mol. The molecule has 0 aliphatic carbocycles. The van der Waals surface area contributed by atoms with Gasteiger partial charge in [0.1, 0.15) is 17.7 Å². The molecule has 0 saturated carbocycles. The van der Waals surface area contributed by atoms with E-state index in [1.165, 1.54) is 24.5 Å². The van der Waals surface area contributed by atoms with Gasteiger partial charge in [0.2, 0.25) is 0 Å². The number of hydrogen-bond donors (Lipinski definition) is 1. The molecule has 1 aromatic heterocycles. The minimum atomic E-state index is -0.669. The third kappa shape index (κ3) is 2.78. The van der Waals surface area contributed by atoms with E-state index in [4.69, 9.17) is 4.74 Å². The van der Waals surface area contributed by atoms with Crippen LogP contribution in [0.2, 0.25) is 0 Å². The van der Waals surface area contributed by atoms with Crippen LogP contribution in [0, 0.1) is 11.6 Å². The number of nitrogens with one attached hydrogen (secondary N) is 1. The predicted molar refractivity (Wildman–Crippen MR) is 69.5 cm³/mol. The standard InChI is InChI=1S/C14H13F2N3O2/c15-10-1-2-11(12(16)5-10)13-8-19(3-4-21-13)14(20)9-6-17-18-7-9/h1-2,5-7,13H,3-4,8H2,(H,17,18)/t13-/m0/s1. The molecule has 2 heterocycles. The molecule has 1 atom stereocenters. The first-order valence-electron chi connectivity index (χ1n) is 6.50. The summed E-state index contributed by atoms with van der Waals surface area (Å²) in [6.07, 6.45) is 2.34. The molecule has 1 aromatic carbocycles. The van der Waals surface area contributed by atoms with Crippen molar-refractivity contribution in [1.82, 2.24) is 15.1 Å². The number of aromatic nitrogens is 2. The summed E-state index contributed by atoms with van der Waals surface area (Å²) in [6.45, 7) is 0.932. The fraction of sp³-hybridized carbons (Fsp3) is 0.286. The fourth-order valence-corrected chi connectivity index (χ4v) is 2.33. The van der Waals surface area contributed by atoms with Gasteiger partial charge < -0.3 is 9.64 Å². The Bertz CT molecular complexity index is 646. The molecule has 110 valence electrons. The average Bonchev–Trinajstić information content (AvgIpc) is 3.01. The van der Waals surface area contributed by atoms with Crippen molar-refractivity contribution in [3.63, 3.8) is 0 Å². The largest absolute Gasteiger partial charge is 0.370 e. The maximum atomic E-state index is 13.8. The van der Waals surface area contributed by atoms with Gasteiger partial charge in [-0.15, -0.1) is 0 Å². The highest BCUT2D eigenvalue weighted by Crippen LogP contribution is 2.25. The minimum absolute atomic E-state index is 0.195. The quantitative estimate of drug-likeness (QED) is 0.920. The molecule has 2 aromatic rings. The molecule has 1 fully saturated rings. The van der Waals surface area contributed by atoms with E-state index in [1.807, 2.05) is 0 Å². The second kappa shape index (κ2) is 5.61. The maximum absolute atomic E-state index is 13.8. The molecular weight excluding hydrogens is 280 g/mol. The molecule has 5 nitrogen and oxygen atoms in total. The summed E-state index contributed by atoms with van der Waals surface area (Å²) < 4.78 is 32.3. The lowest BCUT2D eigenvalue weighted by atomic mass is 10.1. The molecule has 21 heavy (non-hydrogen) atoms. The number of hydrogen-bond acceptors (Lipinski definition) is 3. The molecule has 7 heteroatoms. The molecular formula is C14H13F2N3O2. The Hall–Kier alpha value is -2.28. The Balaban J connectivity index is 1.78. The number of H-pyrrole nitrogens is 1. The second-order valence-corrected chi connectivity index (χ2v) is 4.76. The van der Waals surface area contributed by atoms with E-state index in [1.54, 1.807) is 4.90 Å². The smallest absolute Gasteiger partial charge is 0.257 e. The predicted octanol–water partition coefficient (Wildman–Crippen LogP) is 1.90. The number of aromatic amines is 1. The Morgan fingerprint density at radius 3 is 3.00 bits per heavy atom. The number of morpholine rings is 1. The molecule has 0 bridgehead atoms. The number of nitrogens with zero attached hydrogens (tertiary/aromatic N) is 2. The van der Waals surface area contributed by atoms with Gasteiger partial charge in [0.25, 0.3) is 5.91 Å². The van der Waals surface area contributed by atoms with E-state index < -0.39 is 17.7 Å². The normalized spacial score (nSPS) is 18.8. The minimum Gasteiger partial charge on any atom is -0.370 e. The number of halogens is 2. The zero-order valence-electron chi connectivity index (χ0n) is 11.1. The van der Waals surface area contributed by atoms with Crippen molar-refractivity contribution >= 4 is 5.91 Å². The van der Waals surface area contributed by atoms with Gasteiger partial charge in [0.15, 0.2) is 0 Å². The lowest BCUT2D eigenvalue weighted by molar-refractivity contribution is -0.0243. The van der Waals surface area contributed by atoms with E-state index in [9.17, 15) is 13.6 Å². The van der Waals surface area contributed by atoms with Gasteiger partial charge in [-0.25, -0.2) is 8.78 Å². The Morgan fingerprint density at radius 1 is 1.43 bits per heavy atom. The SMILES string of the molecule is O=C(c1cn[nH]c1)N1CCO[C@H](c2ccc(F)cc2F)C1. The summed E-state index contributed by atoms with van der Waals surface area (Å²) in [5.41, 5.74) is 0.691. The van der Waals surface area contributed by atoms with Crippen molar-refractivity contribution in [2.24, 2.45) is 0 Å². The van der Waals surface area contributed by atoms with E-state index in [0.717, 1.165) is 6.07 Å². The van der Waals surface area contributed by atoms with Crippen LogP contribution in [0.3, 0.4) is 0 Å². The maximum Gasteiger partial charge on any atom is 0.257 e. The summed E-state index contributed by atoms with van der Waals surface area (Å²) in [5.74, 6) is -1.50. The monoisotopic (exact) mass is 293 g/mol. The summed E-state index contributed by atoms with van der Waals surface area (Å²) >= 11 is 0. The third-order valence-corrected chi connectivity index (χ3v) is 3.41. The van der Waals surface area contributed by atoms with Gasteiger partial charge >= 0.3 is 0 Å². The van der Waals surface area contributed by atoms with Crippen LogP contribution >= 0.6 is 0 Å². The number of amides is 1. The van der Waals surface area contributed by atoms with Crippen LogP contribution in [0.15, 0.2) is 30.6 Å². The zero-order valence-corrected chi connectivity index (χ0v) is 11.1. The van der Waals surface area contributed by atoms with Gasteiger partial charge in [-0.1, -0.05) is 6.07 Å². The number of ether oxygens (including phenoxy) is 1. The third-order valence-electron chi connectivity index (χ3n) is 3.41. The Morgan fingerprint density at radius 2 is 2.29 bits per heavy atom. The van der Waals surface area contributed by atoms with Crippen molar-refractivity contribution in [1.29, 1.82) is 0 Å². The zero-order chi connectivity index (χ0) is 14.8. The Labute approximate surface area is 119 Å². The second-order valence-electron chi connectivity index (χ2n) is 4.76. The highest BCUT2D eigenvalue weighted by atomic mass is 19.1. The summed E-state index contributed by atoms with van der Waals surface area (Å²) in [7, 11) is 0. The van der Waals surface area contributed by atoms with Crippen LogP contribution in [0.4, 0.5) is 8.78 Å². The highest BCUT2D eigenvalue weighted by Gasteiger charge is 2.28.